The van der Waals surface area contributed by atoms with Gasteiger partial charge < -0.3 is 20.9 Å². The molecule has 214 valence electrons. The second-order valence-electron chi connectivity index (χ2n) is 11.0. The van der Waals surface area contributed by atoms with Crippen molar-refractivity contribution in [1.29, 1.82) is 0 Å². The summed E-state index contributed by atoms with van der Waals surface area (Å²) in [6.07, 6.45) is 17.5. The van der Waals surface area contributed by atoms with Gasteiger partial charge in [-0.15, -0.1) is 0 Å². The van der Waals surface area contributed by atoms with Crippen molar-refractivity contribution in [1.82, 2.24) is 4.57 Å². The number of benzene rings is 3. The van der Waals surface area contributed by atoms with Gasteiger partial charge in [0.15, 0.2) is 0 Å². The summed E-state index contributed by atoms with van der Waals surface area (Å²) >= 11 is 0. The Balaban J connectivity index is 1.72. The van der Waals surface area contributed by atoms with Crippen LogP contribution in [0.25, 0.3) is 27.5 Å². The molecule has 0 saturated heterocycles. The van der Waals surface area contributed by atoms with Crippen LogP contribution in [0.2, 0.25) is 0 Å². The van der Waals surface area contributed by atoms with Crippen molar-refractivity contribution in [2.24, 2.45) is 0 Å². The summed E-state index contributed by atoms with van der Waals surface area (Å²) in [5.41, 5.74) is 20.6. The first-order chi connectivity index (χ1) is 20.8. The first kappa shape index (κ1) is 27.9. The Hall–Kier alpha value is -5.29. The zero-order chi connectivity index (χ0) is 30.2. The van der Waals surface area contributed by atoms with Gasteiger partial charge in [0, 0.05) is 39.3 Å². The highest BCUT2D eigenvalue weighted by Crippen LogP contribution is 2.48. The van der Waals surface area contributed by atoms with Crippen molar-refractivity contribution in [3.05, 3.63) is 157 Å². The molecule has 5 heteroatoms. The summed E-state index contributed by atoms with van der Waals surface area (Å²) in [6.45, 7) is 12.1. The van der Waals surface area contributed by atoms with Crippen molar-refractivity contribution >= 4 is 44.6 Å². The molecule has 0 spiro atoms. The molecule has 4 aromatic rings. The van der Waals surface area contributed by atoms with E-state index in [0.717, 1.165) is 49.9 Å². The third-order valence-electron chi connectivity index (χ3n) is 8.16. The molecule has 0 amide bonds. The van der Waals surface area contributed by atoms with Crippen LogP contribution >= 0.6 is 0 Å². The van der Waals surface area contributed by atoms with Crippen LogP contribution in [0.5, 0.6) is 0 Å². The fourth-order valence-electron chi connectivity index (χ4n) is 6.27. The predicted octanol–water partition coefficient (Wildman–Crippen LogP) is 9.34. The Morgan fingerprint density at radius 2 is 1.65 bits per heavy atom. The molecule has 1 aromatic heterocycles. The molecule has 4 N–H and O–H groups in total. The summed E-state index contributed by atoms with van der Waals surface area (Å²) in [5, 5.41) is 2.13. The van der Waals surface area contributed by atoms with Gasteiger partial charge in [0.05, 0.1) is 28.5 Å². The maximum Gasteiger partial charge on any atom is 0.146 e. The van der Waals surface area contributed by atoms with Gasteiger partial charge in [-0.25, -0.2) is 4.39 Å². The van der Waals surface area contributed by atoms with Crippen molar-refractivity contribution in [3.63, 3.8) is 0 Å². The van der Waals surface area contributed by atoms with Crippen molar-refractivity contribution < 1.29 is 4.39 Å². The van der Waals surface area contributed by atoms with Crippen LogP contribution in [0.15, 0.2) is 151 Å². The number of nitrogens with two attached hydrogens (primary N) is 2. The normalized spacial score (nSPS) is 18.8. The van der Waals surface area contributed by atoms with E-state index in [2.05, 4.69) is 42.0 Å². The summed E-state index contributed by atoms with van der Waals surface area (Å²) in [7, 11) is 0. The van der Waals surface area contributed by atoms with Crippen LogP contribution in [0.4, 0.5) is 21.5 Å². The standard InChI is InChI=1S/C38H35FN4/c1-5-7-12-27(24(3)4)37(42-33-15-10-8-13-28(33)30-19-17-25(40)21-35(30)42)23-38(32(39)6-2)43-34-16-11-9-14-29(34)31-20-18-26(41)22-36(31)43/h5-23,29,34H,2-3,40-41H2,1,4H3/b7-5-,27-12+,37-23-,38-32-. The van der Waals surface area contributed by atoms with Gasteiger partial charge in [-0.05, 0) is 67.5 Å². The van der Waals surface area contributed by atoms with E-state index < -0.39 is 5.83 Å². The number of hydrogen-bond acceptors (Lipinski definition) is 3. The molecule has 2 heterocycles. The SMILES string of the molecule is C=C\C(F)=C(/C=C(/C(=C/C=C\C)C(=C)C)n1c2ccccc2c2ccc(N)cc21)N1c2cc(N)ccc2C2C=CC=CC21. The summed E-state index contributed by atoms with van der Waals surface area (Å²) in [4.78, 5) is 2.04. The minimum Gasteiger partial charge on any atom is -0.399 e. The lowest BCUT2D eigenvalue weighted by atomic mass is 9.91. The van der Waals surface area contributed by atoms with Crippen LogP contribution in [0.1, 0.15) is 25.3 Å². The van der Waals surface area contributed by atoms with E-state index >= 15 is 4.39 Å². The maximum absolute atomic E-state index is 16.3. The van der Waals surface area contributed by atoms with Gasteiger partial charge in [-0.2, -0.15) is 0 Å². The lowest BCUT2D eigenvalue weighted by Gasteiger charge is -2.30. The second-order valence-corrected chi connectivity index (χ2v) is 11.0. The maximum atomic E-state index is 16.3. The number of nitrogens with zero attached hydrogens (tertiary/aromatic N) is 2. The highest BCUT2D eigenvalue weighted by Gasteiger charge is 2.39. The monoisotopic (exact) mass is 566 g/mol. The number of para-hydroxylation sites is 1. The topological polar surface area (TPSA) is 60.2 Å². The van der Waals surface area contributed by atoms with Gasteiger partial charge in [-0.1, -0.05) is 86.0 Å². The third kappa shape index (κ3) is 4.73. The van der Waals surface area contributed by atoms with Crippen molar-refractivity contribution in [3.8, 4) is 0 Å². The molecular formula is C38H35FN4. The average molecular weight is 567 g/mol. The lowest BCUT2D eigenvalue weighted by molar-refractivity contribution is 0.638. The number of nitrogen functional groups attached to an aromatic ring is 2. The molecule has 2 unspecified atom stereocenters. The Kier molecular flexibility index (Phi) is 7.24. The number of hydrogen-bond donors (Lipinski definition) is 2. The van der Waals surface area contributed by atoms with Gasteiger partial charge >= 0.3 is 0 Å². The number of fused-ring (bicyclic) bond motifs is 6. The Labute approximate surface area is 252 Å². The van der Waals surface area contributed by atoms with Crippen LogP contribution in [0.3, 0.4) is 0 Å². The Morgan fingerprint density at radius 3 is 2.42 bits per heavy atom. The zero-order valence-electron chi connectivity index (χ0n) is 24.5. The van der Waals surface area contributed by atoms with Crippen LogP contribution in [-0.2, 0) is 0 Å². The van der Waals surface area contributed by atoms with E-state index in [4.69, 9.17) is 11.5 Å². The number of halogens is 1. The smallest absolute Gasteiger partial charge is 0.146 e. The predicted molar refractivity (Wildman–Crippen MR) is 182 cm³/mol. The first-order valence-corrected chi connectivity index (χ1v) is 14.4. The van der Waals surface area contributed by atoms with Crippen molar-refractivity contribution in [2.75, 3.05) is 16.4 Å². The molecule has 43 heavy (non-hydrogen) atoms. The minimum atomic E-state index is -0.443. The van der Waals surface area contributed by atoms with E-state index in [0.29, 0.717) is 17.1 Å². The van der Waals surface area contributed by atoms with Gasteiger partial charge in [0.1, 0.15) is 5.83 Å². The number of rotatable bonds is 7. The molecule has 1 aliphatic heterocycles. The molecule has 2 aliphatic rings. The fraction of sp³-hybridized carbons (Fsp3) is 0.105. The summed E-state index contributed by atoms with van der Waals surface area (Å²) < 4.78 is 18.5. The van der Waals surface area contributed by atoms with E-state index in [1.807, 2.05) is 104 Å². The highest BCUT2D eigenvalue weighted by molar-refractivity contribution is 6.11. The van der Waals surface area contributed by atoms with E-state index in [1.54, 1.807) is 0 Å². The molecule has 0 saturated carbocycles. The number of anilines is 3. The molecule has 4 nitrogen and oxygen atoms in total. The van der Waals surface area contributed by atoms with Crippen LogP contribution in [-0.4, -0.2) is 10.6 Å². The molecule has 6 rings (SSSR count). The van der Waals surface area contributed by atoms with E-state index in [-0.39, 0.29) is 12.0 Å². The number of allylic oxidation sites excluding steroid dienone is 11. The highest BCUT2D eigenvalue weighted by atomic mass is 19.1. The van der Waals surface area contributed by atoms with Crippen LogP contribution < -0.4 is 16.4 Å². The molecule has 0 radical (unpaired) electrons. The third-order valence-corrected chi connectivity index (χ3v) is 8.16. The number of aromatic nitrogens is 1. The molecule has 3 aromatic carbocycles. The van der Waals surface area contributed by atoms with E-state index in [1.165, 1.54) is 6.08 Å². The average Bonchev–Trinajstić information content (AvgIpc) is 3.50. The van der Waals surface area contributed by atoms with Gasteiger partial charge in [0.2, 0.25) is 0 Å². The lowest BCUT2D eigenvalue weighted by Crippen LogP contribution is -2.32. The summed E-state index contributed by atoms with van der Waals surface area (Å²) in [6, 6.07) is 19.9. The minimum absolute atomic E-state index is 0.0530. The molecule has 0 fully saturated rings. The Morgan fingerprint density at radius 1 is 0.930 bits per heavy atom. The first-order valence-electron chi connectivity index (χ1n) is 14.4. The van der Waals surface area contributed by atoms with Crippen molar-refractivity contribution in [2.45, 2.75) is 25.8 Å². The molecule has 2 atom stereocenters. The van der Waals surface area contributed by atoms with Gasteiger partial charge in [-0.3, -0.25) is 0 Å². The fourth-order valence-corrected chi connectivity index (χ4v) is 6.27. The van der Waals surface area contributed by atoms with Gasteiger partial charge in [0.25, 0.3) is 0 Å². The van der Waals surface area contributed by atoms with E-state index in [9.17, 15) is 0 Å². The quantitative estimate of drug-likeness (QED) is 0.173. The zero-order valence-corrected chi connectivity index (χ0v) is 24.5. The molecule has 1 aliphatic carbocycles. The molecular weight excluding hydrogens is 531 g/mol. The van der Waals surface area contributed by atoms with Crippen LogP contribution in [0, 0.1) is 0 Å². The largest absolute Gasteiger partial charge is 0.399 e. The molecule has 0 bridgehead atoms. The second kappa shape index (κ2) is 11.2. The Bertz CT molecular complexity index is 1980. The summed E-state index contributed by atoms with van der Waals surface area (Å²) in [5.74, 6) is -0.390.